The lowest BCUT2D eigenvalue weighted by Gasteiger charge is -2.37. The van der Waals surface area contributed by atoms with Gasteiger partial charge in [0.05, 0.1) is 18.9 Å². The van der Waals surface area contributed by atoms with Crippen LogP contribution in [0.25, 0.3) is 0 Å². The van der Waals surface area contributed by atoms with Gasteiger partial charge in [-0.15, -0.1) is 5.10 Å². The maximum absolute atomic E-state index is 12.0. The fourth-order valence-electron chi connectivity index (χ4n) is 1.71. The third kappa shape index (κ3) is 2.81. The van der Waals surface area contributed by atoms with Gasteiger partial charge in [-0.2, -0.15) is 0 Å². The maximum atomic E-state index is 12.0. The van der Waals surface area contributed by atoms with E-state index in [1.807, 2.05) is 0 Å². The molecule has 0 unspecified atom stereocenters. The van der Waals surface area contributed by atoms with Gasteiger partial charge in [-0.25, -0.2) is 0 Å². The number of hydrogen-bond donors (Lipinski definition) is 1. The third-order valence-electron chi connectivity index (χ3n) is 2.83. The number of carbonyl (C=O) groups excluding carboxylic acids is 1. The molecule has 1 fully saturated rings. The molecule has 0 spiro atoms. The maximum Gasteiger partial charge on any atom is 0.264 e. The molecule has 0 saturated carbocycles. The van der Waals surface area contributed by atoms with E-state index in [1.165, 1.54) is 11.5 Å². The van der Waals surface area contributed by atoms with Crippen molar-refractivity contribution in [2.24, 2.45) is 5.41 Å². The van der Waals surface area contributed by atoms with E-state index in [2.05, 4.69) is 28.8 Å². The molecule has 5 nitrogen and oxygen atoms in total. The second-order valence-corrected chi connectivity index (χ2v) is 5.54. The zero-order valence-electron chi connectivity index (χ0n) is 10.2. The van der Waals surface area contributed by atoms with Gasteiger partial charge in [0, 0.05) is 12.0 Å². The van der Waals surface area contributed by atoms with E-state index < -0.39 is 0 Å². The Morgan fingerprint density at radius 1 is 1.59 bits per heavy atom. The van der Waals surface area contributed by atoms with Crippen LogP contribution in [0.15, 0.2) is 0 Å². The van der Waals surface area contributed by atoms with E-state index in [0.29, 0.717) is 11.4 Å². The summed E-state index contributed by atoms with van der Waals surface area (Å²) in [6, 6.07) is 0. The molecule has 1 aromatic rings. The van der Waals surface area contributed by atoms with Crippen molar-refractivity contribution in [1.82, 2.24) is 14.9 Å². The number of nitrogens with zero attached hydrogens (tertiary/aromatic N) is 2. The third-order valence-corrected chi connectivity index (χ3v) is 3.59. The van der Waals surface area contributed by atoms with Crippen molar-refractivity contribution in [1.29, 1.82) is 0 Å². The summed E-state index contributed by atoms with van der Waals surface area (Å²) in [5.41, 5.74) is 0.906. The highest BCUT2D eigenvalue weighted by molar-refractivity contribution is 7.08. The van der Waals surface area contributed by atoms with Crippen molar-refractivity contribution < 1.29 is 9.53 Å². The Morgan fingerprint density at radius 2 is 2.35 bits per heavy atom. The number of hydrogen-bond acceptors (Lipinski definition) is 5. The Hall–Kier alpha value is -1.01. The molecule has 6 heteroatoms. The number of carbonyl (C=O) groups is 1. The summed E-state index contributed by atoms with van der Waals surface area (Å²) in [5.74, 6) is -0.0587. The van der Waals surface area contributed by atoms with Gasteiger partial charge in [0.2, 0.25) is 0 Å². The zero-order valence-corrected chi connectivity index (χ0v) is 11.0. The first kappa shape index (κ1) is 12.4. The molecule has 0 bridgehead atoms. The van der Waals surface area contributed by atoms with Crippen LogP contribution in [0.2, 0.25) is 0 Å². The van der Waals surface area contributed by atoms with Crippen LogP contribution in [0.1, 0.15) is 35.6 Å². The van der Waals surface area contributed by atoms with E-state index in [1.54, 1.807) is 0 Å². The minimum absolute atomic E-state index is 0.0587. The largest absolute Gasteiger partial charge is 0.380 e. The molecular formula is C11H17N3O2S. The second-order valence-electron chi connectivity index (χ2n) is 4.78. The summed E-state index contributed by atoms with van der Waals surface area (Å²) in [4.78, 5) is 12.6. The summed E-state index contributed by atoms with van der Waals surface area (Å²) < 4.78 is 9.00. The van der Waals surface area contributed by atoms with Crippen molar-refractivity contribution in [3.8, 4) is 0 Å². The van der Waals surface area contributed by atoms with Gasteiger partial charge in [-0.1, -0.05) is 24.8 Å². The van der Waals surface area contributed by atoms with Gasteiger partial charge < -0.3 is 10.1 Å². The molecule has 1 saturated heterocycles. The predicted octanol–water partition coefficient (Wildman–Crippen LogP) is 1.26. The average molecular weight is 255 g/mol. The molecule has 0 radical (unpaired) electrons. The SMILES string of the molecule is CCCc1nnsc1C(=O)NCC1(C)COC1. The molecule has 17 heavy (non-hydrogen) atoms. The van der Waals surface area contributed by atoms with Gasteiger partial charge in [0.1, 0.15) is 4.88 Å². The quantitative estimate of drug-likeness (QED) is 0.860. The average Bonchev–Trinajstić information content (AvgIpc) is 2.72. The topological polar surface area (TPSA) is 64.1 Å². The van der Waals surface area contributed by atoms with E-state index in [4.69, 9.17) is 4.74 Å². The van der Waals surface area contributed by atoms with Crippen molar-refractivity contribution in [2.75, 3.05) is 19.8 Å². The number of rotatable bonds is 5. The van der Waals surface area contributed by atoms with Crippen LogP contribution >= 0.6 is 11.5 Å². The molecule has 1 N–H and O–H groups in total. The Labute approximate surface area is 105 Å². The van der Waals surface area contributed by atoms with Crippen LogP contribution in [0, 0.1) is 5.41 Å². The van der Waals surface area contributed by atoms with Crippen LogP contribution < -0.4 is 5.32 Å². The van der Waals surface area contributed by atoms with Crippen LogP contribution in [0.3, 0.4) is 0 Å². The van der Waals surface area contributed by atoms with Crippen LogP contribution in [0.4, 0.5) is 0 Å². The molecule has 1 aromatic heterocycles. The lowest BCUT2D eigenvalue weighted by molar-refractivity contribution is -0.0978. The fraction of sp³-hybridized carbons (Fsp3) is 0.727. The first-order valence-corrected chi connectivity index (χ1v) is 6.59. The number of amides is 1. The Bertz CT molecular complexity index is 401. The molecule has 2 heterocycles. The van der Waals surface area contributed by atoms with E-state index >= 15 is 0 Å². The monoisotopic (exact) mass is 255 g/mol. The number of ether oxygens (including phenoxy) is 1. The van der Waals surface area contributed by atoms with Gasteiger partial charge >= 0.3 is 0 Å². The smallest absolute Gasteiger partial charge is 0.264 e. The van der Waals surface area contributed by atoms with Crippen molar-refractivity contribution >= 4 is 17.4 Å². The lowest BCUT2D eigenvalue weighted by atomic mass is 9.89. The molecule has 94 valence electrons. The zero-order chi connectivity index (χ0) is 12.3. The highest BCUT2D eigenvalue weighted by atomic mass is 32.1. The molecule has 0 aliphatic carbocycles. The molecular weight excluding hydrogens is 238 g/mol. The van der Waals surface area contributed by atoms with Crippen molar-refractivity contribution in [2.45, 2.75) is 26.7 Å². The van der Waals surface area contributed by atoms with Gasteiger partial charge in [0.25, 0.3) is 5.91 Å². The molecule has 1 amide bonds. The first-order valence-electron chi connectivity index (χ1n) is 5.82. The number of aryl methyl sites for hydroxylation is 1. The summed E-state index contributed by atoms with van der Waals surface area (Å²) in [5, 5.41) is 6.93. The number of aromatic nitrogens is 2. The summed E-state index contributed by atoms with van der Waals surface area (Å²) in [6.07, 6.45) is 1.77. The van der Waals surface area contributed by atoms with Crippen molar-refractivity contribution in [3.63, 3.8) is 0 Å². The summed E-state index contributed by atoms with van der Waals surface area (Å²) in [6.45, 7) is 6.25. The standard InChI is InChI=1S/C11H17N3O2S/c1-3-4-8-9(17-14-13-8)10(15)12-5-11(2)6-16-7-11/h3-7H2,1-2H3,(H,12,15). The highest BCUT2D eigenvalue weighted by Gasteiger charge is 2.33. The van der Waals surface area contributed by atoms with E-state index in [-0.39, 0.29) is 11.3 Å². The lowest BCUT2D eigenvalue weighted by Crippen LogP contribution is -2.48. The minimum Gasteiger partial charge on any atom is -0.380 e. The Balaban J connectivity index is 1.92. The summed E-state index contributed by atoms with van der Waals surface area (Å²) >= 11 is 1.17. The molecule has 0 atom stereocenters. The second kappa shape index (κ2) is 5.10. The molecule has 1 aliphatic heterocycles. The fourth-order valence-corrected chi connectivity index (χ4v) is 2.33. The molecule has 1 aliphatic rings. The Kier molecular flexibility index (Phi) is 3.73. The normalized spacial score (nSPS) is 17.5. The van der Waals surface area contributed by atoms with Crippen LogP contribution in [-0.2, 0) is 11.2 Å². The van der Waals surface area contributed by atoms with Crippen molar-refractivity contribution in [3.05, 3.63) is 10.6 Å². The van der Waals surface area contributed by atoms with Gasteiger partial charge in [-0.3, -0.25) is 4.79 Å². The van der Waals surface area contributed by atoms with Crippen LogP contribution in [-0.4, -0.2) is 35.3 Å². The predicted molar refractivity (Wildman–Crippen MR) is 65.2 cm³/mol. The van der Waals surface area contributed by atoms with Gasteiger partial charge in [0.15, 0.2) is 0 Å². The van der Waals surface area contributed by atoms with Gasteiger partial charge in [-0.05, 0) is 18.0 Å². The highest BCUT2D eigenvalue weighted by Crippen LogP contribution is 2.25. The molecule has 2 rings (SSSR count). The first-order chi connectivity index (χ1) is 8.14. The Morgan fingerprint density at radius 3 is 2.94 bits per heavy atom. The molecule has 0 aromatic carbocycles. The van der Waals surface area contributed by atoms with Crippen LogP contribution in [0.5, 0.6) is 0 Å². The summed E-state index contributed by atoms with van der Waals surface area (Å²) in [7, 11) is 0. The number of nitrogens with one attached hydrogen (secondary N) is 1. The van der Waals surface area contributed by atoms with E-state index in [9.17, 15) is 4.79 Å². The minimum atomic E-state index is -0.0587. The van der Waals surface area contributed by atoms with E-state index in [0.717, 1.165) is 31.7 Å².